The van der Waals surface area contributed by atoms with E-state index in [1.54, 1.807) is 40.0 Å². The van der Waals surface area contributed by atoms with Gasteiger partial charge in [-0.05, 0) is 62.6 Å². The largest absolute Gasteiger partial charge is 0.497 e. The zero-order valence-corrected chi connectivity index (χ0v) is 17.4. The summed E-state index contributed by atoms with van der Waals surface area (Å²) < 4.78 is 10.7. The number of hydrogen-bond acceptors (Lipinski definition) is 4. The molecule has 0 bridgehead atoms. The zero-order valence-electron chi connectivity index (χ0n) is 16.6. The van der Waals surface area contributed by atoms with Crippen LogP contribution in [0, 0.1) is 0 Å². The van der Waals surface area contributed by atoms with Crippen molar-refractivity contribution in [3.63, 3.8) is 0 Å². The fraction of sp³-hybridized carbons (Fsp3) is 0.364. The molecule has 5 nitrogen and oxygen atoms in total. The summed E-state index contributed by atoms with van der Waals surface area (Å²) in [6.45, 7) is 5.62. The fourth-order valence-corrected chi connectivity index (χ4v) is 2.92. The number of rotatable bonds is 7. The summed E-state index contributed by atoms with van der Waals surface area (Å²) in [6.07, 6.45) is 0.579. The smallest absolute Gasteiger partial charge is 0.411 e. The normalized spacial score (nSPS) is 12.2. The minimum absolute atomic E-state index is 0.239. The molecule has 2 aromatic rings. The Morgan fingerprint density at radius 3 is 2.36 bits per heavy atom. The number of carbonyl (C=O) groups excluding carboxylic acids is 2. The molecule has 0 heterocycles. The van der Waals surface area contributed by atoms with E-state index in [0.717, 1.165) is 23.2 Å². The Morgan fingerprint density at radius 2 is 1.82 bits per heavy atom. The van der Waals surface area contributed by atoms with Gasteiger partial charge >= 0.3 is 6.09 Å². The van der Waals surface area contributed by atoms with Gasteiger partial charge in [-0.25, -0.2) is 4.79 Å². The van der Waals surface area contributed by atoms with Crippen LogP contribution in [0.3, 0.4) is 0 Å². The first-order valence-electron chi connectivity index (χ1n) is 9.04. The van der Waals surface area contributed by atoms with Crippen molar-refractivity contribution in [3.05, 3.63) is 64.7 Å². The molecule has 0 aliphatic rings. The molecule has 0 N–H and O–H groups in total. The Labute approximate surface area is 171 Å². The summed E-state index contributed by atoms with van der Waals surface area (Å²) in [6, 6.07) is 13.9. The van der Waals surface area contributed by atoms with Gasteiger partial charge in [0.15, 0.2) is 0 Å². The van der Waals surface area contributed by atoms with Crippen molar-refractivity contribution >= 4 is 24.0 Å². The lowest BCUT2D eigenvalue weighted by atomic mass is 10.0. The van der Waals surface area contributed by atoms with E-state index < -0.39 is 17.7 Å². The van der Waals surface area contributed by atoms with Gasteiger partial charge < -0.3 is 14.3 Å². The molecule has 2 aromatic carbocycles. The highest BCUT2D eigenvalue weighted by Crippen LogP contribution is 2.20. The topological polar surface area (TPSA) is 55.8 Å². The van der Waals surface area contributed by atoms with Crippen molar-refractivity contribution in [3.8, 4) is 5.75 Å². The minimum Gasteiger partial charge on any atom is -0.497 e. The maximum absolute atomic E-state index is 12.8. The van der Waals surface area contributed by atoms with Gasteiger partial charge in [0.2, 0.25) is 0 Å². The van der Waals surface area contributed by atoms with Gasteiger partial charge in [-0.2, -0.15) is 0 Å². The molecule has 0 saturated heterocycles. The molecule has 2 rings (SSSR count). The molecule has 0 aliphatic carbocycles. The standard InChI is InChI=1S/C22H26ClNO4/c1-22(2,3)28-21(26)24(14-16-8-10-20(27-4)11-9-16)19(15-25)13-17-6-5-7-18(23)12-17/h5-12,15,19H,13-14H2,1-4H3. The van der Waals surface area contributed by atoms with Crippen LogP contribution in [0.15, 0.2) is 48.5 Å². The van der Waals surface area contributed by atoms with E-state index in [2.05, 4.69) is 0 Å². The average molecular weight is 404 g/mol. The Hall–Kier alpha value is -2.53. The summed E-state index contributed by atoms with van der Waals surface area (Å²) in [4.78, 5) is 26.2. The van der Waals surface area contributed by atoms with Crippen molar-refractivity contribution in [1.29, 1.82) is 0 Å². The second-order valence-corrected chi connectivity index (χ2v) is 7.93. The van der Waals surface area contributed by atoms with Crippen LogP contribution in [0.2, 0.25) is 5.02 Å². The molecular weight excluding hydrogens is 378 g/mol. The van der Waals surface area contributed by atoms with Crippen LogP contribution in [-0.2, 0) is 22.5 Å². The molecule has 0 aliphatic heterocycles. The second-order valence-electron chi connectivity index (χ2n) is 7.49. The molecule has 1 atom stereocenters. The number of aldehydes is 1. The van der Waals surface area contributed by atoms with Crippen LogP contribution in [0.5, 0.6) is 5.75 Å². The highest BCUT2D eigenvalue weighted by atomic mass is 35.5. The van der Waals surface area contributed by atoms with E-state index in [1.807, 2.05) is 36.4 Å². The zero-order chi connectivity index (χ0) is 20.7. The molecule has 1 unspecified atom stereocenters. The molecule has 28 heavy (non-hydrogen) atoms. The van der Waals surface area contributed by atoms with Gasteiger partial charge in [-0.1, -0.05) is 35.9 Å². The first kappa shape index (κ1) is 21.8. The van der Waals surface area contributed by atoms with Crippen molar-refractivity contribution in [2.24, 2.45) is 0 Å². The molecule has 0 spiro atoms. The van der Waals surface area contributed by atoms with E-state index in [9.17, 15) is 9.59 Å². The third kappa shape index (κ3) is 6.57. The number of methoxy groups -OCH3 is 1. The molecule has 0 fully saturated rings. The molecule has 1 amide bonds. The van der Waals surface area contributed by atoms with Crippen LogP contribution >= 0.6 is 11.6 Å². The summed E-state index contributed by atoms with van der Waals surface area (Å²) >= 11 is 6.05. The SMILES string of the molecule is COc1ccc(CN(C(=O)OC(C)(C)C)C(C=O)Cc2cccc(Cl)c2)cc1. The molecule has 0 saturated carbocycles. The van der Waals surface area contributed by atoms with E-state index in [0.29, 0.717) is 11.4 Å². The number of nitrogens with zero attached hydrogens (tertiary/aromatic N) is 1. The minimum atomic E-state index is -0.685. The summed E-state index contributed by atoms with van der Waals surface area (Å²) in [5.74, 6) is 0.721. The maximum atomic E-state index is 12.8. The molecule has 0 aromatic heterocycles. The van der Waals surface area contributed by atoms with Crippen LogP contribution in [-0.4, -0.2) is 36.0 Å². The number of hydrogen-bond donors (Lipinski definition) is 0. The first-order chi connectivity index (χ1) is 13.2. The van der Waals surface area contributed by atoms with Gasteiger partial charge in [-0.3, -0.25) is 4.90 Å². The number of amides is 1. The maximum Gasteiger partial charge on any atom is 0.411 e. The van der Waals surface area contributed by atoms with Crippen molar-refractivity contribution in [2.75, 3.05) is 7.11 Å². The Balaban J connectivity index is 2.28. The highest BCUT2D eigenvalue weighted by molar-refractivity contribution is 6.30. The summed E-state index contributed by atoms with van der Waals surface area (Å²) in [7, 11) is 1.59. The number of carbonyl (C=O) groups is 2. The fourth-order valence-electron chi connectivity index (χ4n) is 2.70. The Kier molecular flexibility index (Phi) is 7.46. The Bertz CT molecular complexity index is 799. The lowest BCUT2D eigenvalue weighted by Gasteiger charge is -2.31. The number of halogens is 1. The van der Waals surface area contributed by atoms with E-state index in [-0.39, 0.29) is 6.54 Å². The lowest BCUT2D eigenvalue weighted by molar-refractivity contribution is -0.112. The predicted molar refractivity (Wildman–Crippen MR) is 110 cm³/mol. The van der Waals surface area contributed by atoms with Gasteiger partial charge in [-0.15, -0.1) is 0 Å². The monoisotopic (exact) mass is 403 g/mol. The van der Waals surface area contributed by atoms with Gasteiger partial charge in [0, 0.05) is 11.6 Å². The molecule has 0 radical (unpaired) electrons. The van der Waals surface area contributed by atoms with Gasteiger partial charge in [0.1, 0.15) is 17.6 Å². The van der Waals surface area contributed by atoms with Gasteiger partial charge in [0.05, 0.1) is 13.2 Å². The van der Waals surface area contributed by atoms with Crippen LogP contribution in [0.4, 0.5) is 4.79 Å². The van der Waals surface area contributed by atoms with Crippen LogP contribution < -0.4 is 4.74 Å². The highest BCUT2D eigenvalue weighted by Gasteiger charge is 2.28. The summed E-state index contributed by atoms with van der Waals surface area (Å²) in [5.41, 5.74) is 1.07. The molecule has 6 heteroatoms. The van der Waals surface area contributed by atoms with Crippen LogP contribution in [0.25, 0.3) is 0 Å². The molecular formula is C22H26ClNO4. The quantitative estimate of drug-likeness (QED) is 0.617. The summed E-state index contributed by atoms with van der Waals surface area (Å²) in [5, 5.41) is 0.584. The number of ether oxygens (including phenoxy) is 2. The van der Waals surface area contributed by atoms with Crippen molar-refractivity contribution in [1.82, 2.24) is 4.90 Å². The third-order valence-electron chi connectivity index (χ3n) is 4.03. The first-order valence-corrected chi connectivity index (χ1v) is 9.42. The van der Waals surface area contributed by atoms with E-state index >= 15 is 0 Å². The van der Waals surface area contributed by atoms with E-state index in [1.165, 1.54) is 4.90 Å². The average Bonchev–Trinajstić information content (AvgIpc) is 2.63. The molecule has 150 valence electrons. The predicted octanol–water partition coefficient (Wildman–Crippen LogP) is 4.90. The second kappa shape index (κ2) is 9.60. The van der Waals surface area contributed by atoms with Crippen molar-refractivity contribution < 1.29 is 19.1 Å². The number of benzene rings is 2. The van der Waals surface area contributed by atoms with Crippen LogP contribution in [0.1, 0.15) is 31.9 Å². The third-order valence-corrected chi connectivity index (χ3v) is 4.27. The van der Waals surface area contributed by atoms with Crippen molar-refractivity contribution in [2.45, 2.75) is 45.4 Å². The lowest BCUT2D eigenvalue weighted by Crippen LogP contribution is -2.44. The van der Waals surface area contributed by atoms with E-state index in [4.69, 9.17) is 21.1 Å². The Morgan fingerprint density at radius 1 is 1.14 bits per heavy atom. The van der Waals surface area contributed by atoms with Gasteiger partial charge in [0.25, 0.3) is 0 Å².